The summed E-state index contributed by atoms with van der Waals surface area (Å²) in [6.07, 6.45) is -0.953. The Labute approximate surface area is 194 Å². The van der Waals surface area contributed by atoms with Crippen LogP contribution in [-0.4, -0.2) is 56.7 Å². The van der Waals surface area contributed by atoms with Crippen molar-refractivity contribution in [3.63, 3.8) is 0 Å². The Hall–Kier alpha value is -2.06. The lowest BCUT2D eigenvalue weighted by Crippen LogP contribution is -2.48. The van der Waals surface area contributed by atoms with Gasteiger partial charge in [0, 0.05) is 19.1 Å². The maximum atomic E-state index is 12.8. The summed E-state index contributed by atoms with van der Waals surface area (Å²) in [5, 5.41) is 2.87. The van der Waals surface area contributed by atoms with Crippen molar-refractivity contribution in [1.82, 2.24) is 10.2 Å². The summed E-state index contributed by atoms with van der Waals surface area (Å²) >= 11 is 0. The molecular formula is C24H42N2O5Si. The van der Waals surface area contributed by atoms with Crippen LogP contribution in [0.25, 0.3) is 0 Å². The molecule has 0 aromatic heterocycles. The van der Waals surface area contributed by atoms with E-state index in [1.165, 1.54) is 0 Å². The van der Waals surface area contributed by atoms with Gasteiger partial charge in [0.05, 0.1) is 6.61 Å². The maximum Gasteiger partial charge on any atom is 0.410 e. The van der Waals surface area contributed by atoms with Crippen LogP contribution < -0.4 is 5.32 Å². The van der Waals surface area contributed by atoms with Gasteiger partial charge in [-0.1, -0.05) is 51.1 Å². The van der Waals surface area contributed by atoms with Crippen molar-refractivity contribution in [2.45, 2.75) is 84.8 Å². The maximum absolute atomic E-state index is 12.8. The zero-order valence-corrected chi connectivity index (χ0v) is 22.3. The number of alkyl carbamates (subject to hydrolysis) is 1. The van der Waals surface area contributed by atoms with Crippen molar-refractivity contribution >= 4 is 20.5 Å². The van der Waals surface area contributed by atoms with E-state index in [0.717, 1.165) is 5.56 Å². The first-order valence-electron chi connectivity index (χ1n) is 11.2. The first kappa shape index (κ1) is 28.0. The average molecular weight is 467 g/mol. The Balaban J connectivity index is 2.66. The fourth-order valence-electron chi connectivity index (χ4n) is 2.55. The summed E-state index contributed by atoms with van der Waals surface area (Å²) in [4.78, 5) is 26.5. The normalized spacial score (nSPS) is 13.3. The molecule has 1 aromatic rings. The number of carbonyl (C=O) groups excluding carboxylic acids is 2. The highest BCUT2D eigenvalue weighted by Gasteiger charge is 2.37. The molecule has 0 radical (unpaired) electrons. The Kier molecular flexibility index (Phi) is 10.2. The van der Waals surface area contributed by atoms with Crippen molar-refractivity contribution in [3.05, 3.63) is 35.9 Å². The molecule has 1 rings (SSSR count). The summed E-state index contributed by atoms with van der Waals surface area (Å²) in [5.74, 6) is 0. The topological polar surface area (TPSA) is 77.1 Å². The van der Waals surface area contributed by atoms with Gasteiger partial charge in [-0.2, -0.15) is 0 Å². The predicted molar refractivity (Wildman–Crippen MR) is 130 cm³/mol. The van der Waals surface area contributed by atoms with Crippen molar-refractivity contribution in [1.29, 1.82) is 0 Å². The van der Waals surface area contributed by atoms with Gasteiger partial charge in [-0.3, -0.25) is 0 Å². The summed E-state index contributed by atoms with van der Waals surface area (Å²) in [5.41, 5.74) is 0.300. The van der Waals surface area contributed by atoms with Crippen molar-refractivity contribution in [3.8, 4) is 0 Å². The van der Waals surface area contributed by atoms with E-state index >= 15 is 0 Å². The van der Waals surface area contributed by atoms with E-state index in [1.807, 2.05) is 58.0 Å². The number of hydrogen-bond acceptors (Lipinski definition) is 5. The Bertz CT molecular complexity index is 726. The minimum Gasteiger partial charge on any atom is -0.445 e. The molecule has 0 unspecified atom stereocenters. The third-order valence-corrected chi connectivity index (χ3v) is 9.89. The third-order valence-electron chi connectivity index (χ3n) is 5.35. The van der Waals surface area contributed by atoms with Gasteiger partial charge < -0.3 is 24.1 Å². The molecule has 0 saturated heterocycles. The Morgan fingerprint density at radius 2 is 1.66 bits per heavy atom. The van der Waals surface area contributed by atoms with Gasteiger partial charge >= 0.3 is 12.2 Å². The number of nitrogens with one attached hydrogen (secondary N) is 1. The van der Waals surface area contributed by atoms with Gasteiger partial charge in [0.2, 0.25) is 0 Å². The highest BCUT2D eigenvalue weighted by Crippen LogP contribution is 2.36. The van der Waals surface area contributed by atoms with Gasteiger partial charge in [-0.25, -0.2) is 9.59 Å². The highest BCUT2D eigenvalue weighted by molar-refractivity contribution is 6.74. The molecular weight excluding hydrogens is 424 g/mol. The fraction of sp³-hybridized carbons (Fsp3) is 0.667. The molecule has 0 saturated carbocycles. The first-order chi connectivity index (χ1) is 14.6. The molecule has 0 bridgehead atoms. The van der Waals surface area contributed by atoms with Gasteiger partial charge in [0.25, 0.3) is 0 Å². The zero-order valence-electron chi connectivity index (χ0n) is 21.3. The Morgan fingerprint density at radius 3 is 2.19 bits per heavy atom. The van der Waals surface area contributed by atoms with Crippen LogP contribution >= 0.6 is 0 Å². The van der Waals surface area contributed by atoms with Gasteiger partial charge in [-0.05, 0) is 51.4 Å². The monoisotopic (exact) mass is 466 g/mol. The van der Waals surface area contributed by atoms with Crippen molar-refractivity contribution in [2.24, 2.45) is 0 Å². The SMILES string of the molecule is C[C@@H](CN(CCO[Si](C)(C)C(C)(C)C)C(=O)OC(C)(C)C)NC(=O)OCc1ccccc1. The van der Waals surface area contributed by atoms with Gasteiger partial charge in [-0.15, -0.1) is 0 Å². The molecule has 8 heteroatoms. The van der Waals surface area contributed by atoms with Crippen LogP contribution in [0.2, 0.25) is 18.1 Å². The molecule has 2 amide bonds. The van der Waals surface area contributed by atoms with Crippen LogP contribution in [0.15, 0.2) is 30.3 Å². The van der Waals surface area contributed by atoms with Crippen molar-refractivity contribution in [2.75, 3.05) is 19.7 Å². The number of nitrogens with zero attached hydrogens (tertiary/aromatic N) is 1. The number of rotatable bonds is 9. The van der Waals surface area contributed by atoms with Gasteiger partial charge in [0.1, 0.15) is 12.2 Å². The molecule has 0 aliphatic heterocycles. The van der Waals surface area contributed by atoms with E-state index < -0.39 is 26.1 Å². The smallest absolute Gasteiger partial charge is 0.410 e. The Morgan fingerprint density at radius 1 is 1.06 bits per heavy atom. The number of ether oxygens (including phenoxy) is 2. The molecule has 0 heterocycles. The van der Waals surface area contributed by atoms with E-state index in [1.54, 1.807) is 4.90 Å². The minimum absolute atomic E-state index is 0.0844. The molecule has 1 atom stereocenters. The van der Waals surface area contributed by atoms with Crippen LogP contribution in [-0.2, 0) is 20.5 Å². The molecule has 0 aliphatic carbocycles. The van der Waals surface area contributed by atoms with E-state index in [-0.39, 0.29) is 24.2 Å². The molecule has 32 heavy (non-hydrogen) atoms. The summed E-state index contributed by atoms with van der Waals surface area (Å²) < 4.78 is 17.1. The first-order valence-corrected chi connectivity index (χ1v) is 14.1. The second-order valence-electron chi connectivity index (χ2n) is 10.6. The summed E-state index contributed by atoms with van der Waals surface area (Å²) in [6, 6.07) is 9.16. The third kappa shape index (κ3) is 10.5. The van der Waals surface area contributed by atoms with E-state index in [4.69, 9.17) is 13.9 Å². The molecule has 0 spiro atoms. The molecule has 0 fully saturated rings. The lowest BCUT2D eigenvalue weighted by atomic mass is 10.2. The van der Waals surface area contributed by atoms with E-state index in [9.17, 15) is 9.59 Å². The molecule has 7 nitrogen and oxygen atoms in total. The second-order valence-corrected chi connectivity index (χ2v) is 15.5. The number of benzene rings is 1. The van der Waals surface area contributed by atoms with Crippen molar-refractivity contribution < 1.29 is 23.5 Å². The summed E-state index contributed by atoms with van der Waals surface area (Å²) in [7, 11) is -1.93. The largest absolute Gasteiger partial charge is 0.445 e. The lowest BCUT2D eigenvalue weighted by molar-refractivity contribution is 0.0204. The molecule has 0 aliphatic rings. The predicted octanol–water partition coefficient (Wildman–Crippen LogP) is 5.56. The standard InChI is InChI=1S/C24H42N2O5Si/c1-19(25-21(27)29-18-20-13-11-10-12-14-20)17-26(22(28)31-23(2,3)4)15-16-30-32(8,9)24(5,6)7/h10-14,19H,15-18H2,1-9H3,(H,25,27)/t19-/m0/s1. The fourth-order valence-corrected chi connectivity index (χ4v) is 3.59. The van der Waals surface area contributed by atoms with Crippen LogP contribution in [0.3, 0.4) is 0 Å². The zero-order chi connectivity index (χ0) is 24.6. The van der Waals surface area contributed by atoms with Crippen LogP contribution in [0.1, 0.15) is 54.0 Å². The van der Waals surface area contributed by atoms with Crippen LogP contribution in [0.4, 0.5) is 9.59 Å². The lowest BCUT2D eigenvalue weighted by Gasteiger charge is -2.37. The van der Waals surface area contributed by atoms with E-state index in [0.29, 0.717) is 13.2 Å². The van der Waals surface area contributed by atoms with E-state index in [2.05, 4.69) is 39.2 Å². The minimum atomic E-state index is -1.93. The number of hydrogen-bond donors (Lipinski definition) is 1. The summed E-state index contributed by atoms with van der Waals surface area (Å²) in [6.45, 7) is 19.5. The molecule has 1 N–H and O–H groups in total. The number of carbonyl (C=O) groups is 2. The van der Waals surface area contributed by atoms with Gasteiger partial charge in [0.15, 0.2) is 8.32 Å². The molecule has 1 aromatic carbocycles. The number of amides is 2. The molecule has 182 valence electrons. The van der Waals surface area contributed by atoms with Crippen LogP contribution in [0.5, 0.6) is 0 Å². The quantitative estimate of drug-likeness (QED) is 0.482. The van der Waals surface area contributed by atoms with Crippen LogP contribution in [0, 0.1) is 0 Å². The second kappa shape index (κ2) is 11.7. The highest BCUT2D eigenvalue weighted by atomic mass is 28.4. The average Bonchev–Trinajstić information content (AvgIpc) is 2.64.